The summed E-state index contributed by atoms with van der Waals surface area (Å²) in [7, 11) is 0. The van der Waals surface area contributed by atoms with Crippen LogP contribution >= 0.6 is 0 Å². The Morgan fingerprint density at radius 1 is 0.500 bits per heavy atom. The van der Waals surface area contributed by atoms with Gasteiger partial charge in [-0.3, -0.25) is 0 Å². The zero-order valence-corrected chi connectivity index (χ0v) is 3.54. The molecule has 1 aliphatic rings. The number of hydrogen-bond donors (Lipinski definition) is 0. The highest BCUT2D eigenvalue weighted by atomic mass is 28.1. The van der Waals surface area contributed by atoms with Crippen molar-refractivity contribution in [1.82, 2.24) is 0 Å². The van der Waals surface area contributed by atoms with E-state index in [9.17, 15) is 0 Å². The van der Waals surface area contributed by atoms with E-state index in [1.807, 2.05) is 0 Å². The molecule has 0 aliphatic heterocycles. The Morgan fingerprint density at radius 2 is 0.667 bits per heavy atom. The molecule has 1 aliphatic carbocycles. The van der Waals surface area contributed by atoms with Crippen LogP contribution in [0.1, 0.15) is 32.1 Å². The van der Waals surface area contributed by atoms with Gasteiger partial charge in [-0.2, -0.15) is 0 Å². The first-order valence-corrected chi connectivity index (χ1v) is 2.50. The van der Waals surface area contributed by atoms with E-state index < -0.39 is 0 Å². The van der Waals surface area contributed by atoms with Crippen molar-refractivity contribution in [2.45, 2.75) is 32.1 Å². The van der Waals surface area contributed by atoms with Gasteiger partial charge in [0.2, 0.25) is 0 Å². The second-order valence-corrected chi connectivity index (χ2v) is 1.77. The summed E-state index contributed by atoms with van der Waals surface area (Å²) in [5, 5.41) is 0. The number of rotatable bonds is 0. The Hall–Kier alpha value is 0.217. The van der Waals surface area contributed by atoms with Crippen LogP contribution in [-0.4, -0.2) is 11.0 Å². The van der Waals surface area contributed by atoms with E-state index in [1.165, 1.54) is 32.1 Å². The fourth-order valence-corrected chi connectivity index (χ4v) is 0.884. The summed E-state index contributed by atoms with van der Waals surface area (Å²) in [5.41, 5.74) is 0. The summed E-state index contributed by atoms with van der Waals surface area (Å²) in [5.74, 6) is 0. The molecule has 0 aromatic carbocycles. The Labute approximate surface area is 44.0 Å². The van der Waals surface area contributed by atoms with Gasteiger partial charge in [0.05, 0.1) is 0 Å². The van der Waals surface area contributed by atoms with Crippen LogP contribution in [0.5, 0.6) is 0 Å². The molecule has 0 heterocycles. The molecule has 1 saturated carbocycles. The van der Waals surface area contributed by atoms with Gasteiger partial charge in [0.1, 0.15) is 0 Å². The van der Waals surface area contributed by atoms with Gasteiger partial charge in [0, 0.05) is 0 Å². The smallest absolute Gasteiger partial charge is 0.0149 e. The monoisotopic (exact) mass is 102 g/mol. The Balaban J connectivity index is 0.000000250. The largest absolute Gasteiger partial charge is 0.0533 e. The second-order valence-electron chi connectivity index (χ2n) is 1.77. The predicted octanol–water partition coefficient (Wildman–Crippen LogP) is 0.499. The van der Waals surface area contributed by atoms with E-state index in [0.717, 1.165) is 0 Å². The van der Waals surface area contributed by atoms with Crippen LogP contribution in [0.25, 0.3) is 0 Å². The molecule has 0 nitrogen and oxygen atoms in total. The van der Waals surface area contributed by atoms with Crippen molar-refractivity contribution in [2.75, 3.05) is 0 Å². The molecule has 0 unspecified atom stereocenters. The van der Waals surface area contributed by atoms with Crippen molar-refractivity contribution in [3.05, 3.63) is 0 Å². The third-order valence-corrected chi connectivity index (χ3v) is 1.25. The molecular formula is C5H14Si. The van der Waals surface area contributed by atoms with E-state index in [4.69, 9.17) is 0 Å². The maximum absolute atomic E-state index is 1.50. The molecule has 0 spiro atoms. The molecule has 0 bridgehead atoms. The summed E-state index contributed by atoms with van der Waals surface area (Å²) in [4.78, 5) is 0. The van der Waals surface area contributed by atoms with Crippen LogP contribution in [0.3, 0.4) is 0 Å². The van der Waals surface area contributed by atoms with Crippen LogP contribution in [0.2, 0.25) is 0 Å². The van der Waals surface area contributed by atoms with Crippen LogP contribution < -0.4 is 0 Å². The van der Waals surface area contributed by atoms with E-state index in [1.54, 1.807) is 0 Å². The maximum Gasteiger partial charge on any atom is -0.0149 e. The Morgan fingerprint density at radius 3 is 0.833 bits per heavy atom. The second kappa shape index (κ2) is 3.41. The van der Waals surface area contributed by atoms with Gasteiger partial charge in [-0.05, 0) is 11.0 Å². The first-order chi connectivity index (χ1) is 2.50. The first-order valence-electron chi connectivity index (χ1n) is 2.50. The van der Waals surface area contributed by atoms with Gasteiger partial charge in [-0.1, -0.05) is 32.1 Å². The van der Waals surface area contributed by atoms with Gasteiger partial charge in [0.15, 0.2) is 0 Å². The fourth-order valence-electron chi connectivity index (χ4n) is 0.884. The first kappa shape index (κ1) is 6.22. The standard InChI is InChI=1S/C5H10.H4Si/c1-2-4-5-3-1;/h1-5H2;1H4. The molecule has 1 heteroatoms. The van der Waals surface area contributed by atoms with Crippen molar-refractivity contribution in [3.63, 3.8) is 0 Å². The molecule has 0 N–H and O–H groups in total. The van der Waals surface area contributed by atoms with Crippen molar-refractivity contribution >= 4 is 11.0 Å². The third-order valence-electron chi connectivity index (χ3n) is 1.25. The number of hydrogen-bond acceptors (Lipinski definition) is 0. The highest BCUT2D eigenvalue weighted by Crippen LogP contribution is 2.15. The summed E-state index contributed by atoms with van der Waals surface area (Å²) in [6.07, 6.45) is 7.50. The molecule has 0 radical (unpaired) electrons. The minimum atomic E-state index is 0. The average Bonchev–Trinajstić information content (AvgIpc) is 1.76. The maximum atomic E-state index is 1.50. The lowest BCUT2D eigenvalue weighted by Gasteiger charge is -1.67. The van der Waals surface area contributed by atoms with E-state index >= 15 is 0 Å². The Bertz CT molecular complexity index is 15.5. The molecule has 38 valence electrons. The topological polar surface area (TPSA) is 0 Å². The van der Waals surface area contributed by atoms with Crippen molar-refractivity contribution in [3.8, 4) is 0 Å². The van der Waals surface area contributed by atoms with Crippen LogP contribution in [0.4, 0.5) is 0 Å². The molecule has 0 saturated heterocycles. The van der Waals surface area contributed by atoms with Gasteiger partial charge in [0.25, 0.3) is 0 Å². The zero-order valence-electron chi connectivity index (χ0n) is 3.54. The minimum Gasteiger partial charge on any atom is -0.0533 e. The molecule has 0 amide bonds. The fraction of sp³-hybridized carbons (Fsp3) is 1.00. The molecule has 6 heavy (non-hydrogen) atoms. The quantitative estimate of drug-likeness (QED) is 0.391. The van der Waals surface area contributed by atoms with Gasteiger partial charge in [-0.25, -0.2) is 0 Å². The summed E-state index contributed by atoms with van der Waals surface area (Å²) >= 11 is 0. The normalized spacial score (nSPS) is 20.0. The van der Waals surface area contributed by atoms with Crippen molar-refractivity contribution in [2.24, 2.45) is 0 Å². The average molecular weight is 102 g/mol. The van der Waals surface area contributed by atoms with Gasteiger partial charge < -0.3 is 0 Å². The lowest BCUT2D eigenvalue weighted by atomic mass is 10.4. The molecule has 1 rings (SSSR count). The van der Waals surface area contributed by atoms with E-state index in [2.05, 4.69) is 0 Å². The summed E-state index contributed by atoms with van der Waals surface area (Å²) in [6, 6.07) is 0. The SMILES string of the molecule is C1CCCC1.[SiH4]. The van der Waals surface area contributed by atoms with Crippen molar-refractivity contribution < 1.29 is 0 Å². The van der Waals surface area contributed by atoms with Crippen LogP contribution in [-0.2, 0) is 0 Å². The lowest BCUT2D eigenvalue weighted by molar-refractivity contribution is 0.886. The highest BCUT2D eigenvalue weighted by Gasteiger charge is 1.95. The molecule has 1 fully saturated rings. The lowest BCUT2D eigenvalue weighted by Crippen LogP contribution is -1.47. The summed E-state index contributed by atoms with van der Waals surface area (Å²) in [6.45, 7) is 0. The van der Waals surface area contributed by atoms with Gasteiger partial charge >= 0.3 is 0 Å². The molecule has 0 atom stereocenters. The van der Waals surface area contributed by atoms with Crippen molar-refractivity contribution in [1.29, 1.82) is 0 Å². The predicted molar refractivity (Wildman–Crippen MR) is 34.4 cm³/mol. The minimum absolute atomic E-state index is 0. The van der Waals surface area contributed by atoms with Crippen LogP contribution in [0, 0.1) is 0 Å². The molecule has 0 aromatic heterocycles. The molecular weight excluding hydrogens is 88.1 g/mol. The zero-order chi connectivity index (χ0) is 3.54. The van der Waals surface area contributed by atoms with E-state index in [0.29, 0.717) is 0 Å². The Kier molecular flexibility index (Phi) is 3.53. The third kappa shape index (κ3) is 1.60. The van der Waals surface area contributed by atoms with E-state index in [-0.39, 0.29) is 11.0 Å². The molecule has 0 aromatic rings. The highest BCUT2D eigenvalue weighted by molar-refractivity contribution is 5.75. The van der Waals surface area contributed by atoms with Crippen LogP contribution in [0.15, 0.2) is 0 Å². The summed E-state index contributed by atoms with van der Waals surface area (Å²) < 4.78 is 0. The van der Waals surface area contributed by atoms with Gasteiger partial charge in [-0.15, -0.1) is 0 Å².